The quantitative estimate of drug-likeness (QED) is 0.591. The van der Waals surface area contributed by atoms with E-state index in [4.69, 9.17) is 0 Å². The van der Waals surface area contributed by atoms with Gasteiger partial charge in [0.25, 0.3) is 0 Å². The summed E-state index contributed by atoms with van der Waals surface area (Å²) in [6.07, 6.45) is 0.875. The van der Waals surface area contributed by atoms with E-state index in [2.05, 4.69) is 28.6 Å². The molecule has 116 valence electrons. The average molecular weight is 288 g/mol. The molecule has 0 spiro atoms. The zero-order chi connectivity index (χ0) is 15.5. The number of hydrogen-bond acceptors (Lipinski definition) is 6. The third kappa shape index (κ3) is 9.32. The van der Waals surface area contributed by atoms with Gasteiger partial charge in [0.15, 0.2) is 0 Å². The van der Waals surface area contributed by atoms with Crippen LogP contribution >= 0.6 is 0 Å². The van der Waals surface area contributed by atoms with Crippen molar-refractivity contribution < 1.29 is 23.9 Å². The molecule has 20 heavy (non-hydrogen) atoms. The summed E-state index contributed by atoms with van der Waals surface area (Å²) in [5.41, 5.74) is 0. The number of methoxy groups -OCH3 is 2. The van der Waals surface area contributed by atoms with E-state index in [1.807, 2.05) is 0 Å². The number of nitrogens with zero attached hydrogens (tertiary/aromatic N) is 1. The Kier molecular flexibility index (Phi) is 9.36. The van der Waals surface area contributed by atoms with Crippen LogP contribution in [0.15, 0.2) is 0 Å². The molecule has 1 amide bonds. The van der Waals surface area contributed by atoms with Crippen LogP contribution in [0.5, 0.6) is 0 Å². The molecule has 0 heterocycles. The summed E-state index contributed by atoms with van der Waals surface area (Å²) in [6, 6.07) is 0. The first-order valence-electron chi connectivity index (χ1n) is 6.51. The maximum atomic E-state index is 11.7. The van der Waals surface area contributed by atoms with Crippen LogP contribution in [0.1, 0.15) is 20.3 Å². The Hall–Kier alpha value is -1.63. The Balaban J connectivity index is 4.28. The van der Waals surface area contributed by atoms with Gasteiger partial charge in [-0.2, -0.15) is 0 Å². The number of nitrogens with one attached hydrogen (secondary N) is 1. The number of rotatable bonds is 9. The highest BCUT2D eigenvalue weighted by atomic mass is 16.5. The number of ether oxygens (including phenoxy) is 2. The highest BCUT2D eigenvalue weighted by molar-refractivity contribution is 5.81. The normalized spacial score (nSPS) is 10.5. The van der Waals surface area contributed by atoms with Crippen LogP contribution in [0.2, 0.25) is 0 Å². The fourth-order valence-corrected chi connectivity index (χ4v) is 1.42. The summed E-state index contributed by atoms with van der Waals surface area (Å²) >= 11 is 0. The fourth-order valence-electron chi connectivity index (χ4n) is 1.42. The molecule has 0 rings (SSSR count). The monoisotopic (exact) mass is 288 g/mol. The second-order valence-corrected chi connectivity index (χ2v) is 4.83. The minimum Gasteiger partial charge on any atom is -0.468 e. The SMILES string of the molecule is COC(=O)CN(CC(=O)NCCC(C)C)CC(=O)OC. The summed E-state index contributed by atoms with van der Waals surface area (Å²) in [4.78, 5) is 35.6. The standard InChI is InChI=1S/C13H24N2O5/c1-10(2)5-6-14-11(16)7-15(8-12(17)19-3)9-13(18)20-4/h10H,5-9H2,1-4H3,(H,14,16). The van der Waals surface area contributed by atoms with Crippen LogP contribution in [0.25, 0.3) is 0 Å². The Labute approximate surface area is 119 Å². The minimum absolute atomic E-state index is 0.0533. The maximum absolute atomic E-state index is 11.7. The molecule has 0 saturated heterocycles. The van der Waals surface area contributed by atoms with Gasteiger partial charge in [0.2, 0.25) is 5.91 Å². The second kappa shape index (κ2) is 10.2. The predicted octanol–water partition coefficient (Wildman–Crippen LogP) is -0.203. The first-order valence-corrected chi connectivity index (χ1v) is 6.51. The molecule has 7 nitrogen and oxygen atoms in total. The van der Waals surface area contributed by atoms with Gasteiger partial charge in [-0.25, -0.2) is 0 Å². The van der Waals surface area contributed by atoms with E-state index in [0.717, 1.165) is 6.42 Å². The lowest BCUT2D eigenvalue weighted by molar-refractivity contribution is -0.146. The van der Waals surface area contributed by atoms with Crippen molar-refractivity contribution in [1.29, 1.82) is 0 Å². The lowest BCUT2D eigenvalue weighted by Crippen LogP contribution is -2.43. The molecule has 7 heteroatoms. The largest absolute Gasteiger partial charge is 0.468 e. The van der Waals surface area contributed by atoms with Crippen molar-refractivity contribution in [2.45, 2.75) is 20.3 Å². The van der Waals surface area contributed by atoms with Gasteiger partial charge in [0.05, 0.1) is 33.9 Å². The third-order valence-corrected chi connectivity index (χ3v) is 2.57. The van der Waals surface area contributed by atoms with E-state index < -0.39 is 11.9 Å². The Morgan fingerprint density at radius 3 is 1.90 bits per heavy atom. The highest BCUT2D eigenvalue weighted by Crippen LogP contribution is 1.97. The van der Waals surface area contributed by atoms with Crippen molar-refractivity contribution in [1.82, 2.24) is 10.2 Å². The van der Waals surface area contributed by atoms with Gasteiger partial charge >= 0.3 is 11.9 Å². The number of hydrogen-bond donors (Lipinski definition) is 1. The third-order valence-electron chi connectivity index (χ3n) is 2.57. The minimum atomic E-state index is -0.510. The molecule has 0 bridgehead atoms. The Morgan fingerprint density at radius 2 is 1.50 bits per heavy atom. The molecule has 0 aliphatic carbocycles. The Bertz CT molecular complexity index is 313. The summed E-state index contributed by atoms with van der Waals surface area (Å²) < 4.78 is 9.05. The molecule has 0 aliphatic heterocycles. The van der Waals surface area contributed by atoms with Crippen LogP contribution in [0.3, 0.4) is 0 Å². The number of amides is 1. The van der Waals surface area contributed by atoms with Gasteiger partial charge in [0.1, 0.15) is 0 Å². The van der Waals surface area contributed by atoms with E-state index in [1.54, 1.807) is 0 Å². The van der Waals surface area contributed by atoms with Crippen molar-refractivity contribution >= 4 is 17.8 Å². The highest BCUT2D eigenvalue weighted by Gasteiger charge is 2.18. The first kappa shape index (κ1) is 18.4. The number of esters is 2. The lowest BCUT2D eigenvalue weighted by Gasteiger charge is -2.19. The van der Waals surface area contributed by atoms with Crippen LogP contribution in [0.4, 0.5) is 0 Å². The second-order valence-electron chi connectivity index (χ2n) is 4.83. The predicted molar refractivity (Wildman–Crippen MR) is 72.9 cm³/mol. The topological polar surface area (TPSA) is 84.9 Å². The van der Waals surface area contributed by atoms with Crippen molar-refractivity contribution in [2.75, 3.05) is 40.4 Å². The molecule has 0 aromatic carbocycles. The number of carbonyl (C=O) groups excluding carboxylic acids is 3. The zero-order valence-electron chi connectivity index (χ0n) is 12.6. The first-order chi connectivity index (χ1) is 9.38. The summed E-state index contributed by atoms with van der Waals surface area (Å²) in [5.74, 6) is -0.761. The molecule has 0 atom stereocenters. The molecule has 0 radical (unpaired) electrons. The Morgan fingerprint density at radius 1 is 1.00 bits per heavy atom. The van der Waals surface area contributed by atoms with Crippen molar-refractivity contribution in [2.24, 2.45) is 5.92 Å². The zero-order valence-corrected chi connectivity index (χ0v) is 12.6. The smallest absolute Gasteiger partial charge is 0.319 e. The van der Waals surface area contributed by atoms with Gasteiger partial charge in [-0.1, -0.05) is 13.8 Å². The summed E-state index contributed by atoms with van der Waals surface area (Å²) in [7, 11) is 2.50. The molecule has 1 N–H and O–H groups in total. The molecular weight excluding hydrogens is 264 g/mol. The van der Waals surface area contributed by atoms with Crippen molar-refractivity contribution in [3.63, 3.8) is 0 Å². The van der Waals surface area contributed by atoms with Crippen LogP contribution in [-0.4, -0.2) is 63.1 Å². The van der Waals surface area contributed by atoms with Crippen LogP contribution in [0, 0.1) is 5.92 Å². The maximum Gasteiger partial charge on any atom is 0.319 e. The van der Waals surface area contributed by atoms with Crippen molar-refractivity contribution in [3.05, 3.63) is 0 Å². The van der Waals surface area contributed by atoms with Gasteiger partial charge in [-0.3, -0.25) is 19.3 Å². The fraction of sp³-hybridized carbons (Fsp3) is 0.769. The molecule has 0 saturated carbocycles. The van der Waals surface area contributed by atoms with Gasteiger partial charge in [-0.05, 0) is 12.3 Å². The lowest BCUT2D eigenvalue weighted by atomic mass is 10.1. The van der Waals surface area contributed by atoms with Gasteiger partial charge < -0.3 is 14.8 Å². The molecule has 0 aromatic rings. The van der Waals surface area contributed by atoms with E-state index in [0.29, 0.717) is 12.5 Å². The van der Waals surface area contributed by atoms with E-state index in [-0.39, 0.29) is 25.5 Å². The van der Waals surface area contributed by atoms with E-state index in [9.17, 15) is 14.4 Å². The molecule has 0 fully saturated rings. The van der Waals surface area contributed by atoms with Gasteiger partial charge in [-0.15, -0.1) is 0 Å². The summed E-state index contributed by atoms with van der Waals surface area (Å²) in [6.45, 7) is 4.37. The summed E-state index contributed by atoms with van der Waals surface area (Å²) in [5, 5.41) is 2.74. The van der Waals surface area contributed by atoms with Crippen molar-refractivity contribution in [3.8, 4) is 0 Å². The van der Waals surface area contributed by atoms with E-state index >= 15 is 0 Å². The van der Waals surface area contributed by atoms with Gasteiger partial charge in [0, 0.05) is 6.54 Å². The average Bonchev–Trinajstić information content (AvgIpc) is 2.37. The molecule has 0 unspecified atom stereocenters. The van der Waals surface area contributed by atoms with E-state index in [1.165, 1.54) is 19.1 Å². The molecule has 0 aromatic heterocycles. The van der Waals surface area contributed by atoms with Crippen LogP contribution < -0.4 is 5.32 Å². The van der Waals surface area contributed by atoms with Crippen LogP contribution in [-0.2, 0) is 23.9 Å². The molecular formula is C13H24N2O5. The number of carbonyl (C=O) groups is 3. The molecule has 0 aliphatic rings.